The number of carbonyl (C=O) groups excluding carboxylic acids is 2. The molecule has 0 radical (unpaired) electrons. The van der Waals surface area contributed by atoms with Gasteiger partial charge in [0, 0.05) is 12.5 Å². The molecular weight excluding hydrogens is 266 g/mol. The van der Waals surface area contributed by atoms with E-state index in [9.17, 15) is 9.59 Å². The molecule has 0 aromatic heterocycles. The van der Waals surface area contributed by atoms with Gasteiger partial charge in [0.1, 0.15) is 0 Å². The Morgan fingerprint density at radius 3 is 2.67 bits per heavy atom. The summed E-state index contributed by atoms with van der Waals surface area (Å²) < 4.78 is 0. The van der Waals surface area contributed by atoms with E-state index in [1.54, 1.807) is 18.2 Å². The Morgan fingerprint density at radius 2 is 2.05 bits per heavy atom. The molecule has 1 saturated heterocycles. The maximum absolute atomic E-state index is 12.3. The number of amides is 2. The van der Waals surface area contributed by atoms with Crippen LogP contribution in [0.4, 0.5) is 5.69 Å². The summed E-state index contributed by atoms with van der Waals surface area (Å²) in [5, 5.41) is 8.90. The first-order valence-electron chi connectivity index (χ1n) is 7.52. The average Bonchev–Trinajstić information content (AvgIpc) is 2.43. The molecule has 3 N–H and O–H groups in total. The molecule has 0 spiro atoms. The van der Waals surface area contributed by atoms with Crippen LogP contribution in [0.1, 0.15) is 30.6 Å². The highest BCUT2D eigenvalue weighted by Gasteiger charge is 2.29. The molecule has 1 heterocycles. The molecule has 2 amide bonds. The molecule has 1 fully saturated rings. The molecule has 0 saturated carbocycles. The van der Waals surface area contributed by atoms with Crippen molar-refractivity contribution in [1.29, 1.82) is 0 Å². The molecule has 1 aliphatic rings. The van der Waals surface area contributed by atoms with Gasteiger partial charge in [-0.1, -0.05) is 26.0 Å². The standard InChI is InChI=1S/C16H23N3O2/c1-3-8-18-16(21)13-6-4-5-7-14(13)19-15(20)11(2)12-9-17-10-12/h4-7,11-12,17H,3,8-10H2,1-2H3,(H,18,21)(H,19,20). The van der Waals surface area contributed by atoms with Crippen LogP contribution >= 0.6 is 0 Å². The number of hydrogen-bond acceptors (Lipinski definition) is 3. The van der Waals surface area contributed by atoms with Gasteiger partial charge in [-0.3, -0.25) is 9.59 Å². The van der Waals surface area contributed by atoms with Crippen LogP contribution in [0.3, 0.4) is 0 Å². The van der Waals surface area contributed by atoms with E-state index in [-0.39, 0.29) is 17.7 Å². The van der Waals surface area contributed by atoms with Crippen LogP contribution in [0.5, 0.6) is 0 Å². The lowest BCUT2D eigenvalue weighted by molar-refractivity contribution is -0.121. The van der Waals surface area contributed by atoms with Gasteiger partial charge in [0.15, 0.2) is 0 Å². The summed E-state index contributed by atoms with van der Waals surface area (Å²) in [6.45, 7) is 6.33. The quantitative estimate of drug-likeness (QED) is 0.745. The highest BCUT2D eigenvalue weighted by atomic mass is 16.2. The molecule has 0 aliphatic carbocycles. The summed E-state index contributed by atoms with van der Waals surface area (Å²) >= 11 is 0. The monoisotopic (exact) mass is 289 g/mol. The Morgan fingerprint density at radius 1 is 1.33 bits per heavy atom. The van der Waals surface area contributed by atoms with E-state index in [0.29, 0.717) is 23.7 Å². The third-order valence-electron chi connectivity index (χ3n) is 3.90. The van der Waals surface area contributed by atoms with Crippen molar-refractivity contribution >= 4 is 17.5 Å². The summed E-state index contributed by atoms with van der Waals surface area (Å²) in [7, 11) is 0. The minimum Gasteiger partial charge on any atom is -0.352 e. The lowest BCUT2D eigenvalue weighted by atomic mass is 9.88. The van der Waals surface area contributed by atoms with Crippen molar-refractivity contribution in [3.8, 4) is 0 Å². The van der Waals surface area contributed by atoms with Gasteiger partial charge >= 0.3 is 0 Å². The highest BCUT2D eigenvalue weighted by Crippen LogP contribution is 2.20. The molecule has 2 rings (SSSR count). The van der Waals surface area contributed by atoms with Crippen molar-refractivity contribution in [3.63, 3.8) is 0 Å². The Balaban J connectivity index is 2.05. The highest BCUT2D eigenvalue weighted by molar-refractivity contribution is 6.04. The molecule has 21 heavy (non-hydrogen) atoms. The molecule has 0 bridgehead atoms. The number of rotatable bonds is 6. The first kappa shape index (κ1) is 15.5. The zero-order valence-corrected chi connectivity index (χ0v) is 12.6. The van der Waals surface area contributed by atoms with Gasteiger partial charge in [0.25, 0.3) is 5.91 Å². The molecule has 114 valence electrons. The Labute approximate surface area is 125 Å². The molecular formula is C16H23N3O2. The second-order valence-electron chi connectivity index (χ2n) is 5.50. The van der Waals surface area contributed by atoms with E-state index in [2.05, 4.69) is 16.0 Å². The van der Waals surface area contributed by atoms with E-state index in [4.69, 9.17) is 0 Å². The number of anilines is 1. The van der Waals surface area contributed by atoms with Gasteiger partial charge in [0.05, 0.1) is 11.3 Å². The van der Waals surface area contributed by atoms with Crippen LogP contribution in [0, 0.1) is 11.8 Å². The predicted molar refractivity (Wildman–Crippen MR) is 83.2 cm³/mol. The normalized spacial score (nSPS) is 15.9. The average molecular weight is 289 g/mol. The summed E-state index contributed by atoms with van der Waals surface area (Å²) in [6.07, 6.45) is 0.881. The molecule has 1 unspecified atom stereocenters. The topological polar surface area (TPSA) is 70.2 Å². The van der Waals surface area contributed by atoms with Gasteiger partial charge in [-0.25, -0.2) is 0 Å². The fourth-order valence-electron chi connectivity index (χ4n) is 2.25. The molecule has 5 nitrogen and oxygen atoms in total. The van der Waals surface area contributed by atoms with Crippen molar-refractivity contribution in [1.82, 2.24) is 10.6 Å². The molecule has 1 atom stereocenters. The zero-order valence-electron chi connectivity index (χ0n) is 12.6. The smallest absolute Gasteiger partial charge is 0.253 e. The van der Waals surface area contributed by atoms with Crippen LogP contribution in [0.2, 0.25) is 0 Å². The number of hydrogen-bond donors (Lipinski definition) is 3. The van der Waals surface area contributed by atoms with E-state index >= 15 is 0 Å². The van der Waals surface area contributed by atoms with E-state index < -0.39 is 0 Å². The van der Waals surface area contributed by atoms with Crippen LogP contribution in [0.25, 0.3) is 0 Å². The van der Waals surface area contributed by atoms with E-state index in [1.807, 2.05) is 19.9 Å². The largest absolute Gasteiger partial charge is 0.352 e. The van der Waals surface area contributed by atoms with E-state index in [0.717, 1.165) is 19.5 Å². The lowest BCUT2D eigenvalue weighted by Gasteiger charge is -2.31. The molecule has 1 aliphatic heterocycles. The van der Waals surface area contributed by atoms with Crippen molar-refractivity contribution in [2.24, 2.45) is 11.8 Å². The fraction of sp³-hybridized carbons (Fsp3) is 0.500. The maximum Gasteiger partial charge on any atom is 0.253 e. The lowest BCUT2D eigenvalue weighted by Crippen LogP contribution is -2.48. The van der Waals surface area contributed by atoms with Gasteiger partial charge in [-0.2, -0.15) is 0 Å². The minimum absolute atomic E-state index is 0.0303. The van der Waals surface area contributed by atoms with Crippen LogP contribution in [0.15, 0.2) is 24.3 Å². The Kier molecular flexibility index (Phi) is 5.33. The number of carbonyl (C=O) groups is 2. The first-order valence-corrected chi connectivity index (χ1v) is 7.52. The fourth-order valence-corrected chi connectivity index (χ4v) is 2.25. The van der Waals surface area contributed by atoms with Gasteiger partial charge in [0.2, 0.25) is 5.91 Å². The summed E-state index contributed by atoms with van der Waals surface area (Å²) in [5.41, 5.74) is 1.09. The second kappa shape index (κ2) is 7.22. The summed E-state index contributed by atoms with van der Waals surface area (Å²) in [5.74, 6) is 0.145. The Hall–Kier alpha value is -1.88. The van der Waals surface area contributed by atoms with Gasteiger partial charge < -0.3 is 16.0 Å². The van der Waals surface area contributed by atoms with Gasteiger partial charge in [-0.15, -0.1) is 0 Å². The first-order chi connectivity index (χ1) is 10.1. The SMILES string of the molecule is CCCNC(=O)c1ccccc1NC(=O)C(C)C1CNC1. The van der Waals surface area contributed by atoms with Gasteiger partial charge in [-0.05, 0) is 37.6 Å². The van der Waals surface area contributed by atoms with Crippen molar-refractivity contribution in [3.05, 3.63) is 29.8 Å². The summed E-state index contributed by atoms with van der Waals surface area (Å²) in [6, 6.07) is 7.12. The number of nitrogens with one attached hydrogen (secondary N) is 3. The van der Waals surface area contributed by atoms with Crippen molar-refractivity contribution in [2.45, 2.75) is 20.3 Å². The van der Waals surface area contributed by atoms with Crippen LogP contribution in [-0.2, 0) is 4.79 Å². The maximum atomic E-state index is 12.3. The van der Waals surface area contributed by atoms with Crippen LogP contribution in [-0.4, -0.2) is 31.4 Å². The minimum atomic E-state index is -0.147. The van der Waals surface area contributed by atoms with Crippen molar-refractivity contribution in [2.75, 3.05) is 25.0 Å². The number of benzene rings is 1. The van der Waals surface area contributed by atoms with Crippen LogP contribution < -0.4 is 16.0 Å². The summed E-state index contributed by atoms with van der Waals surface area (Å²) in [4.78, 5) is 24.4. The third-order valence-corrected chi connectivity index (χ3v) is 3.90. The Bertz CT molecular complexity index is 512. The predicted octanol–water partition coefficient (Wildman–Crippen LogP) is 1.62. The molecule has 1 aromatic rings. The molecule has 5 heteroatoms. The third kappa shape index (κ3) is 3.82. The van der Waals surface area contributed by atoms with E-state index in [1.165, 1.54) is 0 Å². The second-order valence-corrected chi connectivity index (χ2v) is 5.50. The molecule has 1 aromatic carbocycles. The number of para-hydroxylation sites is 1. The zero-order chi connectivity index (χ0) is 15.2. The van der Waals surface area contributed by atoms with Crippen molar-refractivity contribution < 1.29 is 9.59 Å².